The number of carbonyl (C=O) groups excluding carboxylic acids is 2. The summed E-state index contributed by atoms with van der Waals surface area (Å²) in [6, 6.07) is 12.2. The minimum atomic E-state index is -0.246. The maximum Gasteiger partial charge on any atom is 0.225 e. The third kappa shape index (κ3) is 5.21. The van der Waals surface area contributed by atoms with Crippen LogP contribution in [0.25, 0.3) is 0 Å². The molecule has 0 spiro atoms. The third-order valence-corrected chi connectivity index (χ3v) is 5.31. The van der Waals surface area contributed by atoms with Gasteiger partial charge in [-0.3, -0.25) is 14.3 Å². The number of benzene rings is 1. The Balaban J connectivity index is 1.43. The second kappa shape index (κ2) is 9.04. The third-order valence-electron chi connectivity index (χ3n) is 5.31. The highest BCUT2D eigenvalue weighted by Crippen LogP contribution is 2.18. The Morgan fingerprint density at radius 2 is 2.04 bits per heavy atom. The highest BCUT2D eigenvalue weighted by atomic mass is 16.2. The zero-order valence-corrected chi connectivity index (χ0v) is 17.0. The van der Waals surface area contributed by atoms with Gasteiger partial charge in [-0.2, -0.15) is 5.10 Å². The molecule has 2 atom stereocenters. The van der Waals surface area contributed by atoms with Gasteiger partial charge in [-0.1, -0.05) is 37.3 Å². The number of hydrogen-bond acceptors (Lipinski definition) is 3. The molecule has 1 aliphatic rings. The van der Waals surface area contributed by atoms with Gasteiger partial charge >= 0.3 is 0 Å². The number of rotatable bonds is 8. The number of likely N-dealkylation sites (tertiary alicyclic amines) is 1. The van der Waals surface area contributed by atoms with Crippen molar-refractivity contribution >= 4 is 11.8 Å². The molecule has 28 heavy (non-hydrogen) atoms. The van der Waals surface area contributed by atoms with Crippen LogP contribution in [0, 0.1) is 25.7 Å². The van der Waals surface area contributed by atoms with Crippen LogP contribution >= 0.6 is 0 Å². The van der Waals surface area contributed by atoms with Crippen molar-refractivity contribution in [2.75, 3.05) is 19.6 Å². The lowest BCUT2D eigenvalue weighted by Crippen LogP contribution is -2.36. The van der Waals surface area contributed by atoms with Crippen molar-refractivity contribution in [2.24, 2.45) is 11.8 Å². The Morgan fingerprint density at radius 1 is 1.29 bits per heavy atom. The Hall–Kier alpha value is -2.63. The van der Waals surface area contributed by atoms with Crippen LogP contribution in [0.2, 0.25) is 0 Å². The molecule has 1 N–H and O–H groups in total. The number of nitrogens with zero attached hydrogens (tertiary/aromatic N) is 3. The van der Waals surface area contributed by atoms with Crippen molar-refractivity contribution in [1.29, 1.82) is 0 Å². The first-order valence-electron chi connectivity index (χ1n) is 10.0. The monoisotopic (exact) mass is 382 g/mol. The molecule has 1 aromatic carbocycles. The molecule has 2 amide bonds. The van der Waals surface area contributed by atoms with E-state index in [2.05, 4.69) is 35.5 Å². The van der Waals surface area contributed by atoms with E-state index in [4.69, 9.17) is 0 Å². The van der Waals surface area contributed by atoms with Crippen LogP contribution in [0.4, 0.5) is 0 Å². The van der Waals surface area contributed by atoms with Crippen molar-refractivity contribution in [3.05, 3.63) is 53.3 Å². The summed E-state index contributed by atoms with van der Waals surface area (Å²) in [4.78, 5) is 26.6. The first kappa shape index (κ1) is 20.1. The fourth-order valence-electron chi connectivity index (χ4n) is 3.71. The van der Waals surface area contributed by atoms with Crippen LogP contribution in [0.3, 0.4) is 0 Å². The molecule has 0 saturated carbocycles. The predicted molar refractivity (Wildman–Crippen MR) is 109 cm³/mol. The van der Waals surface area contributed by atoms with Gasteiger partial charge in [0.15, 0.2) is 0 Å². The lowest BCUT2D eigenvalue weighted by molar-refractivity contribution is -0.129. The molecule has 150 valence electrons. The summed E-state index contributed by atoms with van der Waals surface area (Å²) in [5, 5.41) is 7.50. The van der Waals surface area contributed by atoms with Gasteiger partial charge in [0.1, 0.15) is 0 Å². The molecular formula is C22H30N4O2. The predicted octanol–water partition coefficient (Wildman–Crippen LogP) is 2.34. The highest BCUT2D eigenvalue weighted by Gasteiger charge is 2.33. The average Bonchev–Trinajstić information content (AvgIpc) is 3.20. The Morgan fingerprint density at radius 3 is 2.71 bits per heavy atom. The molecule has 2 aromatic rings. The molecule has 6 nitrogen and oxygen atoms in total. The van der Waals surface area contributed by atoms with E-state index in [1.54, 1.807) is 0 Å². The highest BCUT2D eigenvalue weighted by molar-refractivity contribution is 5.89. The summed E-state index contributed by atoms with van der Waals surface area (Å²) >= 11 is 0. The van der Waals surface area contributed by atoms with Gasteiger partial charge in [0.25, 0.3) is 0 Å². The second-order valence-electron chi connectivity index (χ2n) is 7.94. The van der Waals surface area contributed by atoms with E-state index >= 15 is 0 Å². The van der Waals surface area contributed by atoms with Gasteiger partial charge in [-0.05, 0) is 37.8 Å². The second-order valence-corrected chi connectivity index (χ2v) is 7.94. The van der Waals surface area contributed by atoms with Crippen LogP contribution in [-0.2, 0) is 22.6 Å². The van der Waals surface area contributed by atoms with Crippen LogP contribution in [0.15, 0.2) is 36.4 Å². The summed E-state index contributed by atoms with van der Waals surface area (Å²) in [5.74, 6) is 0.0833. The Bertz CT molecular complexity index is 815. The van der Waals surface area contributed by atoms with E-state index < -0.39 is 0 Å². The van der Waals surface area contributed by atoms with E-state index in [1.165, 1.54) is 5.56 Å². The van der Waals surface area contributed by atoms with Crippen molar-refractivity contribution in [3.8, 4) is 0 Å². The zero-order chi connectivity index (χ0) is 20.1. The largest absolute Gasteiger partial charge is 0.355 e. The van der Waals surface area contributed by atoms with Crippen molar-refractivity contribution in [1.82, 2.24) is 20.0 Å². The maximum atomic E-state index is 12.5. The molecule has 1 fully saturated rings. The molecule has 0 unspecified atom stereocenters. The van der Waals surface area contributed by atoms with E-state index in [9.17, 15) is 9.59 Å². The summed E-state index contributed by atoms with van der Waals surface area (Å²) in [6.45, 7) is 8.67. The Labute approximate surface area is 166 Å². The number of carbonyl (C=O) groups is 2. The molecule has 1 saturated heterocycles. The van der Waals surface area contributed by atoms with Gasteiger partial charge in [0, 0.05) is 38.3 Å². The first-order chi connectivity index (χ1) is 13.4. The van der Waals surface area contributed by atoms with E-state index in [0.29, 0.717) is 26.1 Å². The summed E-state index contributed by atoms with van der Waals surface area (Å²) in [6.07, 6.45) is 1.13. The smallest absolute Gasteiger partial charge is 0.225 e. The number of aryl methyl sites for hydroxylation is 2. The maximum absolute atomic E-state index is 12.5. The molecule has 3 rings (SSSR count). The van der Waals surface area contributed by atoms with Crippen LogP contribution in [0.1, 0.15) is 30.3 Å². The number of amides is 2. The van der Waals surface area contributed by atoms with Crippen LogP contribution in [-0.4, -0.2) is 46.1 Å². The quantitative estimate of drug-likeness (QED) is 0.762. The van der Waals surface area contributed by atoms with Gasteiger partial charge in [0.05, 0.1) is 11.6 Å². The number of hydrogen-bond donors (Lipinski definition) is 1. The number of nitrogens with one attached hydrogen (secondary N) is 1. The molecule has 6 heteroatoms. The van der Waals surface area contributed by atoms with E-state index in [0.717, 1.165) is 24.4 Å². The van der Waals surface area contributed by atoms with Gasteiger partial charge < -0.3 is 10.2 Å². The fourth-order valence-corrected chi connectivity index (χ4v) is 3.71. The summed E-state index contributed by atoms with van der Waals surface area (Å²) in [5.41, 5.74) is 3.35. The average molecular weight is 383 g/mol. The molecule has 0 bridgehead atoms. The van der Waals surface area contributed by atoms with Crippen LogP contribution < -0.4 is 5.32 Å². The molecule has 0 aliphatic carbocycles. The van der Waals surface area contributed by atoms with Gasteiger partial charge in [0.2, 0.25) is 11.8 Å². The van der Waals surface area contributed by atoms with Crippen molar-refractivity contribution < 1.29 is 9.59 Å². The van der Waals surface area contributed by atoms with Gasteiger partial charge in [-0.25, -0.2) is 0 Å². The number of aromatic nitrogens is 2. The van der Waals surface area contributed by atoms with E-state index in [-0.39, 0.29) is 23.7 Å². The van der Waals surface area contributed by atoms with Gasteiger partial charge in [-0.15, -0.1) is 0 Å². The summed E-state index contributed by atoms with van der Waals surface area (Å²) in [7, 11) is 0. The van der Waals surface area contributed by atoms with Crippen molar-refractivity contribution in [3.63, 3.8) is 0 Å². The molecular weight excluding hydrogens is 352 g/mol. The van der Waals surface area contributed by atoms with Crippen molar-refractivity contribution in [2.45, 2.75) is 40.2 Å². The molecule has 2 heterocycles. The van der Waals surface area contributed by atoms with E-state index in [1.807, 2.05) is 41.6 Å². The SMILES string of the molecule is Cc1cc(C)n(C[C@H](C)CNC(=O)[C@H]2CC(=O)N(CCc3ccccc3)C2)n1. The Kier molecular flexibility index (Phi) is 6.49. The fraction of sp³-hybridized carbons (Fsp3) is 0.500. The zero-order valence-electron chi connectivity index (χ0n) is 17.0. The first-order valence-corrected chi connectivity index (χ1v) is 10.0. The topological polar surface area (TPSA) is 67.2 Å². The van der Waals surface area contributed by atoms with Crippen LogP contribution in [0.5, 0.6) is 0 Å². The normalized spacial score (nSPS) is 17.8. The standard InChI is InChI=1S/C22H30N4O2/c1-16(14-26-18(3)11-17(2)24-26)13-23-22(28)20-12-21(27)25(15-20)10-9-19-7-5-4-6-8-19/h4-8,11,16,20H,9-10,12-15H2,1-3H3,(H,23,28)/t16-,20+/m1/s1. The molecule has 1 aliphatic heterocycles. The molecule has 1 aromatic heterocycles. The lowest BCUT2D eigenvalue weighted by Gasteiger charge is -2.18. The summed E-state index contributed by atoms with van der Waals surface area (Å²) < 4.78 is 1.98. The minimum Gasteiger partial charge on any atom is -0.355 e. The lowest BCUT2D eigenvalue weighted by atomic mass is 10.1. The molecule has 0 radical (unpaired) electrons. The minimum absolute atomic E-state index is 0.0178.